The van der Waals surface area contributed by atoms with Crippen LogP contribution in [-0.2, 0) is 0 Å². The molecule has 0 atom stereocenters. The minimum absolute atomic E-state index is 0.00742. The number of aromatic amines is 1. The van der Waals surface area contributed by atoms with Crippen molar-refractivity contribution in [2.24, 2.45) is 0 Å². The average molecular weight is 345 g/mol. The number of rotatable bonds is 3. The van der Waals surface area contributed by atoms with Gasteiger partial charge in [-0.1, -0.05) is 15.9 Å². The molecule has 0 unspecified atom stereocenters. The fourth-order valence-electron chi connectivity index (χ4n) is 2.17. The minimum atomic E-state index is -0.462. The van der Waals surface area contributed by atoms with Gasteiger partial charge in [-0.2, -0.15) is 0 Å². The van der Waals surface area contributed by atoms with Crippen LogP contribution in [0.1, 0.15) is 15.9 Å². The zero-order valence-corrected chi connectivity index (χ0v) is 12.3. The van der Waals surface area contributed by atoms with E-state index in [-0.39, 0.29) is 11.5 Å². The van der Waals surface area contributed by atoms with Crippen molar-refractivity contribution in [3.63, 3.8) is 0 Å². The Hall–Kier alpha value is -2.47. The molecule has 0 spiro atoms. The quantitative estimate of drug-likeness (QED) is 0.442. The standard InChI is InChI=1S/C15H9BrN2O3/c16-10-3-1-9(2-4-10)15(19)13-8-17-14-7-11(18(20)21)5-6-12(13)14/h1-8,17H. The Kier molecular flexibility index (Phi) is 3.31. The fourth-order valence-corrected chi connectivity index (χ4v) is 2.44. The Balaban J connectivity index is 2.06. The SMILES string of the molecule is O=C(c1ccc(Br)cc1)c1c[nH]c2cc([N+](=O)[O-])ccc12. The molecule has 0 aliphatic carbocycles. The van der Waals surface area contributed by atoms with E-state index in [2.05, 4.69) is 20.9 Å². The highest BCUT2D eigenvalue weighted by molar-refractivity contribution is 9.10. The lowest BCUT2D eigenvalue weighted by atomic mass is 10.0. The fraction of sp³-hybridized carbons (Fsp3) is 0. The van der Waals surface area contributed by atoms with Crippen LogP contribution in [0.25, 0.3) is 10.9 Å². The summed E-state index contributed by atoms with van der Waals surface area (Å²) in [6.07, 6.45) is 1.58. The molecule has 2 aromatic carbocycles. The largest absolute Gasteiger partial charge is 0.360 e. The zero-order valence-electron chi connectivity index (χ0n) is 10.7. The Morgan fingerprint density at radius 1 is 1.14 bits per heavy atom. The Morgan fingerprint density at radius 2 is 1.86 bits per heavy atom. The number of H-pyrrole nitrogens is 1. The summed E-state index contributed by atoms with van der Waals surface area (Å²) in [5.41, 5.74) is 1.64. The van der Waals surface area contributed by atoms with Gasteiger partial charge in [-0.05, 0) is 30.3 Å². The predicted octanol–water partition coefficient (Wildman–Crippen LogP) is 4.07. The summed E-state index contributed by atoms with van der Waals surface area (Å²) in [7, 11) is 0. The number of fused-ring (bicyclic) bond motifs is 1. The van der Waals surface area contributed by atoms with Crippen LogP contribution in [0.15, 0.2) is 53.1 Å². The lowest BCUT2D eigenvalue weighted by Gasteiger charge is -2.00. The minimum Gasteiger partial charge on any atom is -0.360 e. The van der Waals surface area contributed by atoms with Crippen molar-refractivity contribution in [2.75, 3.05) is 0 Å². The van der Waals surface area contributed by atoms with Gasteiger partial charge in [0.15, 0.2) is 5.78 Å². The number of nitro benzene ring substituents is 1. The van der Waals surface area contributed by atoms with Crippen LogP contribution >= 0.6 is 15.9 Å². The summed E-state index contributed by atoms with van der Waals surface area (Å²) in [4.78, 5) is 25.7. The number of hydrogen-bond donors (Lipinski definition) is 1. The van der Waals surface area contributed by atoms with E-state index in [0.29, 0.717) is 22.0 Å². The zero-order chi connectivity index (χ0) is 15.0. The highest BCUT2D eigenvalue weighted by Gasteiger charge is 2.16. The van der Waals surface area contributed by atoms with E-state index in [0.717, 1.165) is 4.47 Å². The van der Waals surface area contributed by atoms with Gasteiger partial charge in [0.2, 0.25) is 0 Å². The number of nitrogens with one attached hydrogen (secondary N) is 1. The number of carbonyl (C=O) groups excluding carboxylic acids is 1. The maximum absolute atomic E-state index is 12.5. The number of hydrogen-bond acceptors (Lipinski definition) is 3. The van der Waals surface area contributed by atoms with E-state index in [1.807, 2.05) is 0 Å². The van der Waals surface area contributed by atoms with Gasteiger partial charge >= 0.3 is 0 Å². The molecule has 0 aliphatic rings. The lowest BCUT2D eigenvalue weighted by molar-refractivity contribution is -0.384. The summed E-state index contributed by atoms with van der Waals surface area (Å²) < 4.78 is 0.897. The van der Waals surface area contributed by atoms with E-state index >= 15 is 0 Å². The molecule has 0 saturated carbocycles. The van der Waals surface area contributed by atoms with Crippen molar-refractivity contribution < 1.29 is 9.72 Å². The Bertz CT molecular complexity index is 853. The molecule has 0 amide bonds. The molecule has 3 rings (SSSR count). The van der Waals surface area contributed by atoms with Gasteiger partial charge in [-0.25, -0.2) is 0 Å². The molecular formula is C15H9BrN2O3. The number of non-ortho nitro benzene ring substituents is 1. The van der Waals surface area contributed by atoms with Crippen molar-refractivity contribution in [3.05, 3.63) is 74.4 Å². The van der Waals surface area contributed by atoms with Gasteiger partial charge < -0.3 is 4.98 Å². The summed E-state index contributed by atoms with van der Waals surface area (Å²) in [6, 6.07) is 11.5. The molecule has 0 aliphatic heterocycles. The van der Waals surface area contributed by atoms with Gasteiger partial charge in [0.1, 0.15) is 0 Å². The second-order valence-corrected chi connectivity index (χ2v) is 5.44. The molecule has 104 valence electrons. The molecule has 1 heterocycles. The third kappa shape index (κ3) is 2.45. The van der Waals surface area contributed by atoms with Gasteiger partial charge in [0.25, 0.3) is 5.69 Å². The molecule has 3 aromatic rings. The number of halogens is 1. The smallest absolute Gasteiger partial charge is 0.271 e. The van der Waals surface area contributed by atoms with Crippen molar-refractivity contribution in [1.29, 1.82) is 0 Å². The van der Waals surface area contributed by atoms with E-state index in [1.54, 1.807) is 36.5 Å². The monoisotopic (exact) mass is 344 g/mol. The first-order chi connectivity index (χ1) is 10.1. The first kappa shape index (κ1) is 13.5. The average Bonchev–Trinajstić information content (AvgIpc) is 2.90. The van der Waals surface area contributed by atoms with Crippen LogP contribution in [-0.4, -0.2) is 15.7 Å². The van der Waals surface area contributed by atoms with Crippen LogP contribution in [0.3, 0.4) is 0 Å². The summed E-state index contributed by atoms with van der Waals surface area (Å²) >= 11 is 3.32. The van der Waals surface area contributed by atoms with Crippen molar-refractivity contribution in [2.45, 2.75) is 0 Å². The number of nitro groups is 1. The second-order valence-electron chi connectivity index (χ2n) is 4.53. The number of ketones is 1. The van der Waals surface area contributed by atoms with E-state index < -0.39 is 4.92 Å². The molecule has 21 heavy (non-hydrogen) atoms. The van der Waals surface area contributed by atoms with Crippen molar-refractivity contribution in [3.8, 4) is 0 Å². The van der Waals surface area contributed by atoms with Crippen molar-refractivity contribution in [1.82, 2.24) is 4.98 Å². The first-order valence-electron chi connectivity index (χ1n) is 6.12. The molecule has 0 bridgehead atoms. The molecular weight excluding hydrogens is 336 g/mol. The Morgan fingerprint density at radius 3 is 2.52 bits per heavy atom. The predicted molar refractivity (Wildman–Crippen MR) is 82.5 cm³/mol. The first-order valence-corrected chi connectivity index (χ1v) is 6.91. The molecule has 5 nitrogen and oxygen atoms in total. The van der Waals surface area contributed by atoms with Gasteiger partial charge in [0.05, 0.1) is 10.4 Å². The molecule has 1 N–H and O–H groups in total. The molecule has 0 fully saturated rings. The van der Waals surface area contributed by atoms with E-state index in [4.69, 9.17) is 0 Å². The number of carbonyl (C=O) groups is 1. The third-order valence-corrected chi connectivity index (χ3v) is 3.76. The molecule has 0 radical (unpaired) electrons. The van der Waals surface area contributed by atoms with Crippen LogP contribution < -0.4 is 0 Å². The molecule has 6 heteroatoms. The third-order valence-electron chi connectivity index (χ3n) is 3.23. The summed E-state index contributed by atoms with van der Waals surface area (Å²) in [6.45, 7) is 0. The Labute approximate surface area is 127 Å². The van der Waals surface area contributed by atoms with Crippen molar-refractivity contribution >= 4 is 38.3 Å². The number of benzene rings is 2. The maximum Gasteiger partial charge on any atom is 0.271 e. The normalized spacial score (nSPS) is 10.7. The highest BCUT2D eigenvalue weighted by atomic mass is 79.9. The maximum atomic E-state index is 12.5. The highest BCUT2D eigenvalue weighted by Crippen LogP contribution is 2.25. The second kappa shape index (κ2) is 5.14. The van der Waals surface area contributed by atoms with Gasteiger partial charge in [0, 0.05) is 39.3 Å². The summed E-state index contributed by atoms with van der Waals surface area (Å²) in [5.74, 6) is -0.123. The molecule has 0 saturated heterocycles. The van der Waals surface area contributed by atoms with E-state index in [1.165, 1.54) is 12.1 Å². The lowest BCUT2D eigenvalue weighted by Crippen LogP contribution is -1.99. The van der Waals surface area contributed by atoms with Crippen LogP contribution in [0, 0.1) is 10.1 Å². The van der Waals surface area contributed by atoms with E-state index in [9.17, 15) is 14.9 Å². The number of aromatic nitrogens is 1. The van der Waals surface area contributed by atoms with Gasteiger partial charge in [-0.15, -0.1) is 0 Å². The molecule has 1 aromatic heterocycles. The number of nitrogens with zero attached hydrogens (tertiary/aromatic N) is 1. The van der Waals surface area contributed by atoms with Gasteiger partial charge in [-0.3, -0.25) is 14.9 Å². The van der Waals surface area contributed by atoms with Crippen LogP contribution in [0.5, 0.6) is 0 Å². The topological polar surface area (TPSA) is 76.0 Å². The van der Waals surface area contributed by atoms with Crippen LogP contribution in [0.4, 0.5) is 5.69 Å². The van der Waals surface area contributed by atoms with Crippen LogP contribution in [0.2, 0.25) is 0 Å². The summed E-state index contributed by atoms with van der Waals surface area (Å²) in [5, 5.41) is 11.4.